The lowest BCUT2D eigenvalue weighted by Crippen LogP contribution is -2.40. The van der Waals surface area contributed by atoms with Crippen molar-refractivity contribution < 1.29 is 0 Å². The molecule has 1 saturated heterocycles. The first-order chi connectivity index (χ1) is 13.5. The van der Waals surface area contributed by atoms with Crippen molar-refractivity contribution in [3.05, 3.63) is 60.8 Å². The second-order valence-corrected chi connectivity index (χ2v) is 8.14. The molecule has 2 aliphatic rings. The predicted molar refractivity (Wildman–Crippen MR) is 120 cm³/mol. The lowest BCUT2D eigenvalue weighted by molar-refractivity contribution is 0.299. The maximum Gasteiger partial charge on any atom is 0.271 e. The van der Waals surface area contributed by atoms with Crippen LogP contribution in [-0.2, 0) is 0 Å². The minimum Gasteiger partial charge on any atom is -0.392 e. The van der Waals surface area contributed by atoms with E-state index in [-0.39, 0.29) is 12.8 Å². The van der Waals surface area contributed by atoms with E-state index in [4.69, 9.17) is 5.26 Å². The van der Waals surface area contributed by atoms with Crippen LogP contribution in [0.4, 0.5) is 5.69 Å². The lowest BCUT2D eigenvalue weighted by Gasteiger charge is -2.41. The van der Waals surface area contributed by atoms with Crippen LogP contribution in [0.25, 0.3) is 5.70 Å². The Balaban J connectivity index is 1.75. The molecule has 1 aromatic rings. The first-order valence-corrected chi connectivity index (χ1v) is 10.2. The Morgan fingerprint density at radius 2 is 2.21 bits per heavy atom. The highest BCUT2D eigenvalue weighted by Crippen LogP contribution is 2.38. The Bertz CT molecular complexity index is 803. The van der Waals surface area contributed by atoms with Crippen molar-refractivity contribution in [2.45, 2.75) is 50.4 Å². The number of allylic oxidation sites excluding steroid dienone is 1. The highest BCUT2D eigenvalue weighted by Gasteiger charge is 2.33. The Hall–Kier alpha value is -2.61. The zero-order chi connectivity index (χ0) is 20.3. The number of nitrogens with one attached hydrogen (secondary N) is 2. The first-order valence-electron chi connectivity index (χ1n) is 10.2. The number of nitriles is 1. The average Bonchev–Trinajstić information content (AvgIpc) is 2.67. The molecule has 2 heterocycles. The molecule has 0 bridgehead atoms. The maximum absolute atomic E-state index is 8.98. The molecule has 2 N–H and O–H groups in total. The Labute approximate surface area is 170 Å². The van der Waals surface area contributed by atoms with Gasteiger partial charge in [-0.05, 0) is 49.1 Å². The van der Waals surface area contributed by atoms with Gasteiger partial charge < -0.3 is 15.5 Å². The molecular weight excluding hydrogens is 343 g/mol. The highest BCUT2D eigenvalue weighted by molar-refractivity contribution is 6.70. The molecule has 146 valence electrons. The monoisotopic (exact) mass is 374 g/mol. The molecule has 0 amide bonds. The number of rotatable bonds is 8. The Kier molecular flexibility index (Phi) is 6.19. The molecule has 28 heavy (non-hydrogen) atoms. The van der Waals surface area contributed by atoms with Crippen molar-refractivity contribution in [2.24, 2.45) is 0 Å². The molecule has 2 unspecified atom stereocenters. The third-order valence-electron chi connectivity index (χ3n) is 6.17. The van der Waals surface area contributed by atoms with Crippen LogP contribution in [0.3, 0.4) is 0 Å². The van der Waals surface area contributed by atoms with Gasteiger partial charge in [0.05, 0.1) is 0 Å². The van der Waals surface area contributed by atoms with E-state index in [0.717, 1.165) is 49.1 Å². The van der Waals surface area contributed by atoms with Gasteiger partial charge in [0.15, 0.2) is 0 Å². The quantitative estimate of drug-likeness (QED) is 0.520. The van der Waals surface area contributed by atoms with E-state index in [9.17, 15) is 0 Å². The normalized spacial score (nSPS) is 19.9. The van der Waals surface area contributed by atoms with E-state index in [2.05, 4.69) is 66.4 Å². The summed E-state index contributed by atoms with van der Waals surface area (Å²) in [6, 6.07) is 7.28. The number of hydrogen-bond donors (Lipinski definition) is 2. The van der Waals surface area contributed by atoms with Crippen LogP contribution in [0, 0.1) is 11.2 Å². The Morgan fingerprint density at radius 3 is 2.86 bits per heavy atom. The highest BCUT2D eigenvalue weighted by atomic mass is 15.2. The molecule has 0 saturated carbocycles. The lowest BCUT2D eigenvalue weighted by atomic mass is 9.34. The summed E-state index contributed by atoms with van der Waals surface area (Å²) < 4.78 is 0. The summed E-state index contributed by atoms with van der Waals surface area (Å²) in [5.41, 5.74) is 5.82. The fraction of sp³-hybridized carbons (Fsp3) is 0.435. The third-order valence-corrected chi connectivity index (χ3v) is 6.17. The van der Waals surface area contributed by atoms with Gasteiger partial charge in [-0.3, -0.25) is 0 Å². The summed E-state index contributed by atoms with van der Waals surface area (Å²) >= 11 is 0. The van der Waals surface area contributed by atoms with Crippen LogP contribution in [0.5, 0.6) is 0 Å². The van der Waals surface area contributed by atoms with Gasteiger partial charge in [-0.25, -0.2) is 5.26 Å². The fourth-order valence-corrected chi connectivity index (χ4v) is 4.24. The van der Waals surface area contributed by atoms with Crippen LogP contribution >= 0.6 is 0 Å². The summed E-state index contributed by atoms with van der Waals surface area (Å²) in [6.07, 6.45) is 5.79. The average molecular weight is 374 g/mol. The van der Waals surface area contributed by atoms with Crippen molar-refractivity contribution in [2.75, 3.05) is 18.9 Å². The SMILES string of the molecule is C=CC(CCC(=C)NC)N1CC(C)c2ccc(NC3CB(C#N)C3)cc2C1=C. The number of hydrogen-bond acceptors (Lipinski definition) is 4. The summed E-state index contributed by atoms with van der Waals surface area (Å²) in [7, 11) is 1.92. The van der Waals surface area contributed by atoms with Crippen LogP contribution < -0.4 is 10.6 Å². The molecule has 0 radical (unpaired) electrons. The largest absolute Gasteiger partial charge is 0.392 e. The van der Waals surface area contributed by atoms with E-state index in [1.165, 1.54) is 11.1 Å². The second kappa shape index (κ2) is 8.60. The van der Waals surface area contributed by atoms with E-state index >= 15 is 0 Å². The van der Waals surface area contributed by atoms with Crippen molar-refractivity contribution in [3.8, 4) is 5.97 Å². The number of fused-ring (bicyclic) bond motifs is 1. The molecule has 1 fully saturated rings. The van der Waals surface area contributed by atoms with Crippen molar-refractivity contribution in [1.29, 1.82) is 5.26 Å². The molecule has 0 spiro atoms. The van der Waals surface area contributed by atoms with E-state index in [1.54, 1.807) is 0 Å². The van der Waals surface area contributed by atoms with Crippen LogP contribution in [0.1, 0.15) is 36.8 Å². The molecule has 5 heteroatoms. The minimum atomic E-state index is 0.210. The van der Waals surface area contributed by atoms with Gasteiger partial charge in [-0.2, -0.15) is 0 Å². The van der Waals surface area contributed by atoms with Crippen LogP contribution in [-0.4, -0.2) is 37.3 Å². The number of benzene rings is 1. The first kappa shape index (κ1) is 20.1. The van der Waals surface area contributed by atoms with E-state index in [0.29, 0.717) is 12.0 Å². The molecule has 4 nitrogen and oxygen atoms in total. The molecule has 3 rings (SSSR count). The van der Waals surface area contributed by atoms with Gasteiger partial charge in [-0.15, -0.1) is 6.58 Å². The topological polar surface area (TPSA) is 51.1 Å². The zero-order valence-corrected chi connectivity index (χ0v) is 17.2. The molecule has 2 atom stereocenters. The van der Waals surface area contributed by atoms with Gasteiger partial charge in [-0.1, -0.05) is 32.2 Å². The molecule has 0 aliphatic carbocycles. The van der Waals surface area contributed by atoms with E-state index in [1.807, 2.05) is 13.1 Å². The van der Waals surface area contributed by atoms with Crippen LogP contribution in [0.15, 0.2) is 49.7 Å². The summed E-state index contributed by atoms with van der Waals surface area (Å²) in [5, 5.41) is 15.7. The predicted octanol–water partition coefficient (Wildman–Crippen LogP) is 4.50. The van der Waals surface area contributed by atoms with Gasteiger partial charge in [0.1, 0.15) is 0 Å². The third kappa shape index (κ3) is 4.12. The molecule has 2 aliphatic heterocycles. The van der Waals surface area contributed by atoms with Gasteiger partial charge >= 0.3 is 0 Å². The Morgan fingerprint density at radius 1 is 1.46 bits per heavy atom. The minimum absolute atomic E-state index is 0.210. The van der Waals surface area contributed by atoms with Gasteiger partial charge in [0.25, 0.3) is 6.71 Å². The summed E-state index contributed by atoms with van der Waals surface area (Å²) in [6.45, 7) is 16.0. The summed E-state index contributed by atoms with van der Waals surface area (Å²) in [5.74, 6) is 2.79. The van der Waals surface area contributed by atoms with Gasteiger partial charge in [0, 0.05) is 54.3 Å². The number of anilines is 1. The second-order valence-electron chi connectivity index (χ2n) is 8.14. The maximum atomic E-state index is 8.98. The van der Waals surface area contributed by atoms with Gasteiger partial charge in [0.2, 0.25) is 0 Å². The smallest absolute Gasteiger partial charge is 0.271 e. The number of nitrogens with zero attached hydrogens (tertiary/aromatic N) is 2. The summed E-state index contributed by atoms with van der Waals surface area (Å²) in [4.78, 5) is 2.39. The standard InChI is InChI=1S/C23H31BN4/c1-6-21(9-7-17(3)26-5)28-14-16(2)22-10-8-19(11-23(22)18(28)4)27-20-12-24(13-20)15-25/h6,8,10-11,16,20-21,26-27H,1,3-4,7,9,12-14H2,2,5H3. The van der Waals surface area contributed by atoms with Crippen molar-refractivity contribution >= 4 is 18.1 Å². The van der Waals surface area contributed by atoms with Crippen molar-refractivity contribution in [1.82, 2.24) is 10.2 Å². The zero-order valence-electron chi connectivity index (χ0n) is 17.2. The van der Waals surface area contributed by atoms with Crippen LogP contribution in [0.2, 0.25) is 12.6 Å². The van der Waals surface area contributed by atoms with Crippen molar-refractivity contribution in [3.63, 3.8) is 0 Å². The molecular formula is C23H31BN4. The molecule has 0 aromatic heterocycles. The molecule has 1 aromatic carbocycles. The fourth-order valence-electron chi connectivity index (χ4n) is 4.24. The van der Waals surface area contributed by atoms with E-state index < -0.39 is 0 Å².